The minimum Gasteiger partial charge on any atom is -0.408 e. The van der Waals surface area contributed by atoms with Gasteiger partial charge >= 0.3 is 23.6 Å². The van der Waals surface area contributed by atoms with Crippen LogP contribution in [0.3, 0.4) is 0 Å². The monoisotopic (exact) mass is 1250 g/mol. The average Bonchev–Trinajstić information content (AvgIpc) is 1.83. The molecular formula is C72H78N12O9. The third kappa shape index (κ3) is 16.9. The van der Waals surface area contributed by atoms with E-state index in [0.717, 1.165) is 103 Å². The fourth-order valence-corrected chi connectivity index (χ4v) is 10.7. The average molecular weight is 1260 g/mol. The van der Waals surface area contributed by atoms with E-state index in [1.807, 2.05) is 159 Å². The van der Waals surface area contributed by atoms with Gasteiger partial charge in [0.15, 0.2) is 11.2 Å². The van der Waals surface area contributed by atoms with E-state index in [2.05, 4.69) is 96.3 Å². The number of oxazole rings is 2. The molecule has 9 N–H and O–H groups in total. The molecule has 0 aliphatic carbocycles. The Kier molecular flexibility index (Phi) is 21.0. The van der Waals surface area contributed by atoms with Crippen LogP contribution in [0.25, 0.3) is 44.0 Å². The maximum Gasteiger partial charge on any atom is 0.419 e. The number of nitrogens with zero attached hydrogens (tertiary/aromatic N) is 3. The van der Waals surface area contributed by atoms with Crippen LogP contribution in [-0.4, -0.2) is 67.6 Å². The Morgan fingerprint density at radius 2 is 1.00 bits per heavy atom. The predicted octanol–water partition coefficient (Wildman–Crippen LogP) is 11.7. The van der Waals surface area contributed by atoms with Gasteiger partial charge in [-0.2, -0.15) is 0 Å². The van der Waals surface area contributed by atoms with Crippen LogP contribution in [0, 0.1) is 55.4 Å². The molecule has 0 saturated heterocycles. The van der Waals surface area contributed by atoms with Gasteiger partial charge in [-0.25, -0.2) is 19.2 Å². The van der Waals surface area contributed by atoms with Crippen molar-refractivity contribution < 1.29 is 23.2 Å². The molecule has 8 heterocycles. The summed E-state index contributed by atoms with van der Waals surface area (Å²) in [6.45, 7) is 19.3. The second-order valence-electron chi connectivity index (χ2n) is 23.4. The number of aryl methyl sites for hydroxylation is 10. The lowest BCUT2D eigenvalue weighted by atomic mass is 9.98. The standard InChI is InChI=1S/C10H12N2O.C10H11NO.2C9H10N2O.C9H9NO2.C9H11N.C8H8N2O.C8H7NO2/c1-7-3-4-8-6-11-10(13)12(2)9(8)5-7;1-7-2-3-8-4-5-11-10(12)9(8)6-7;1-6-3-4-7-8(5-6)11(2)10-9(7)12;1-6-2-3-8-7(4-6)5-10-9(12)11-8;1-6-3-4-8-7(5-6)10(2)9(11)12-8;1-7-2-3-9-8(6-7)4-5-10-9;1-5-2-3-6-7(4-5)9-10-8(6)11;1-5-2-3-6-7(4-5)11-8(10)9-6/h3-5H,6H2,1-2H3,(H,11,13);2-3,6H,4-5H2,1H3,(H,11,12);3-5H,1-2H3,(H,10,12);2-4H,5H2,1H3,(H2,10,11,12);3-5H,1-2H3;2-3,6,10H,4-5H2,1H3;2-4H,1H3,(H2,9,10,11);2-4H,1H3,(H,9,10). The second-order valence-corrected chi connectivity index (χ2v) is 23.4. The maximum absolute atomic E-state index is 11.3. The van der Waals surface area contributed by atoms with Gasteiger partial charge in [0.1, 0.15) is 0 Å². The fourth-order valence-electron chi connectivity index (χ4n) is 10.7. The van der Waals surface area contributed by atoms with Gasteiger partial charge in [0.2, 0.25) is 0 Å². The first-order valence-corrected chi connectivity index (χ1v) is 30.4. The summed E-state index contributed by atoms with van der Waals surface area (Å²) in [7, 11) is 5.32. The zero-order valence-corrected chi connectivity index (χ0v) is 54.1. The van der Waals surface area contributed by atoms with Crippen LogP contribution in [0.15, 0.2) is 174 Å². The largest absolute Gasteiger partial charge is 0.419 e. The van der Waals surface area contributed by atoms with E-state index in [0.29, 0.717) is 24.3 Å². The Morgan fingerprint density at radius 1 is 0.430 bits per heavy atom. The number of hydrogen-bond donors (Lipinski definition) is 9. The molecule has 21 heteroatoms. The number of aromatic nitrogens is 6. The molecule has 21 nitrogen and oxygen atoms in total. The molecule has 4 aromatic heterocycles. The van der Waals surface area contributed by atoms with Crippen LogP contribution in [0.5, 0.6) is 0 Å². The molecule has 0 spiro atoms. The highest BCUT2D eigenvalue weighted by Crippen LogP contribution is 2.25. The number of hydrogen-bond acceptors (Lipinski definition) is 10. The molecule has 4 aliphatic heterocycles. The number of nitrogens with one attached hydrogen (secondary N) is 9. The molecule has 0 saturated carbocycles. The smallest absolute Gasteiger partial charge is 0.408 e. The van der Waals surface area contributed by atoms with Crippen LogP contribution in [0.1, 0.15) is 77.1 Å². The van der Waals surface area contributed by atoms with Crippen LogP contribution in [0.4, 0.5) is 26.7 Å². The van der Waals surface area contributed by atoms with Crippen LogP contribution in [-0.2, 0) is 40.0 Å². The van der Waals surface area contributed by atoms with E-state index in [4.69, 9.17) is 8.83 Å². The number of fused-ring (bicyclic) bond motifs is 8. The Balaban J connectivity index is 0.000000125. The molecule has 5 amide bonds. The summed E-state index contributed by atoms with van der Waals surface area (Å²) < 4.78 is 13.0. The van der Waals surface area contributed by atoms with E-state index in [-0.39, 0.29) is 34.8 Å². The Morgan fingerprint density at radius 3 is 1.75 bits per heavy atom. The molecule has 0 atom stereocenters. The lowest BCUT2D eigenvalue weighted by Gasteiger charge is -2.26. The third-order valence-corrected chi connectivity index (χ3v) is 15.7. The summed E-state index contributed by atoms with van der Waals surface area (Å²) in [6.07, 6.45) is 2.15. The minimum atomic E-state index is -0.398. The van der Waals surface area contributed by atoms with Gasteiger partial charge in [0.05, 0.1) is 38.5 Å². The van der Waals surface area contributed by atoms with Crippen molar-refractivity contribution in [3.8, 4) is 0 Å². The van der Waals surface area contributed by atoms with Crippen molar-refractivity contribution >= 4 is 79.0 Å². The minimum absolute atomic E-state index is 0.0208. The van der Waals surface area contributed by atoms with Crippen molar-refractivity contribution in [1.29, 1.82) is 0 Å². The van der Waals surface area contributed by atoms with E-state index in [1.54, 1.807) is 23.7 Å². The zero-order chi connectivity index (χ0) is 66.6. The summed E-state index contributed by atoms with van der Waals surface area (Å²) in [6, 6.07) is 47.3. The van der Waals surface area contributed by atoms with Gasteiger partial charge in [-0.1, -0.05) is 89.5 Å². The number of anilines is 3. The molecule has 480 valence electrons. The number of amides is 5. The van der Waals surface area contributed by atoms with Crippen molar-refractivity contribution in [2.24, 2.45) is 14.1 Å². The molecule has 8 aromatic carbocycles. The van der Waals surface area contributed by atoms with Crippen LogP contribution < -0.4 is 54.1 Å². The summed E-state index contributed by atoms with van der Waals surface area (Å²) in [5, 5.41) is 23.9. The highest BCUT2D eigenvalue weighted by atomic mass is 16.4. The quantitative estimate of drug-likeness (QED) is 0.0692. The highest BCUT2D eigenvalue weighted by molar-refractivity contribution is 5.97. The Hall–Kier alpha value is -11.4. The van der Waals surface area contributed by atoms with E-state index in [9.17, 15) is 33.6 Å². The highest BCUT2D eigenvalue weighted by Gasteiger charge is 2.20. The number of rotatable bonds is 0. The molecule has 0 radical (unpaired) electrons. The number of carbonyl (C=O) groups excluding carboxylic acids is 3. The third-order valence-electron chi connectivity index (χ3n) is 15.7. The first-order chi connectivity index (χ1) is 44.5. The maximum atomic E-state index is 11.3. The number of benzene rings is 8. The van der Waals surface area contributed by atoms with Crippen molar-refractivity contribution in [2.45, 2.75) is 81.3 Å². The molecule has 16 rings (SSSR count). The van der Waals surface area contributed by atoms with E-state index in [1.165, 1.54) is 50.1 Å². The van der Waals surface area contributed by atoms with Gasteiger partial charge in [-0.15, -0.1) is 0 Å². The second kappa shape index (κ2) is 29.5. The molecule has 0 unspecified atom stereocenters. The molecule has 4 aliphatic rings. The number of H-pyrrole nitrogens is 4. The summed E-state index contributed by atoms with van der Waals surface area (Å²) in [5.41, 5.74) is 23.1. The summed E-state index contributed by atoms with van der Waals surface area (Å²) >= 11 is 0. The van der Waals surface area contributed by atoms with Crippen LogP contribution in [0.2, 0.25) is 0 Å². The van der Waals surface area contributed by atoms with Gasteiger partial charge in [-0.3, -0.25) is 48.8 Å². The first kappa shape index (κ1) is 66.1. The first-order valence-electron chi connectivity index (χ1n) is 30.4. The topological polar surface area (TPSA) is 282 Å². The summed E-state index contributed by atoms with van der Waals surface area (Å²) in [4.78, 5) is 81.7. The number of urea groups is 2. The van der Waals surface area contributed by atoms with E-state index >= 15 is 0 Å². The van der Waals surface area contributed by atoms with Gasteiger partial charge < -0.3 is 35.4 Å². The molecule has 93 heavy (non-hydrogen) atoms. The van der Waals surface area contributed by atoms with Gasteiger partial charge in [0.25, 0.3) is 17.0 Å². The van der Waals surface area contributed by atoms with Crippen molar-refractivity contribution in [3.63, 3.8) is 0 Å². The number of carbonyl (C=O) groups is 3. The molecule has 12 aromatic rings. The van der Waals surface area contributed by atoms with Crippen LogP contribution >= 0.6 is 0 Å². The normalized spacial score (nSPS) is 12.8. The zero-order valence-electron chi connectivity index (χ0n) is 54.1. The Labute approximate surface area is 536 Å². The molecular weight excluding hydrogens is 1180 g/mol. The van der Waals surface area contributed by atoms with Crippen molar-refractivity contribution in [1.82, 2.24) is 45.5 Å². The molecule has 0 fully saturated rings. The van der Waals surface area contributed by atoms with Gasteiger partial charge in [0, 0.05) is 64.3 Å². The number of aromatic amines is 4. The Bertz CT molecular complexity index is 4940. The van der Waals surface area contributed by atoms with Gasteiger partial charge in [-0.05, 0) is 191 Å². The van der Waals surface area contributed by atoms with Crippen molar-refractivity contribution in [3.05, 3.63) is 260 Å². The van der Waals surface area contributed by atoms with Crippen molar-refractivity contribution in [2.75, 3.05) is 35.7 Å². The summed E-state index contributed by atoms with van der Waals surface area (Å²) in [5.74, 6) is -0.638. The predicted molar refractivity (Wildman–Crippen MR) is 369 cm³/mol. The van der Waals surface area contributed by atoms with E-state index < -0.39 is 5.76 Å². The SMILES string of the molecule is Cc1ccc2[nH]c(=O)oc2c1.Cc1ccc2c(=O)[nH][nH]c2c1.Cc1ccc2c(=O)[nH]n(C)c2c1.Cc1ccc2c(c1)C(=O)NCC2.Cc1ccc2c(c1)CCN2.Cc1ccc2c(c1)CNC(=O)N2.Cc1ccc2c(c1)N(C)C(=O)NC2.Cc1ccc2oc(=O)n(C)c2c1. The lowest BCUT2D eigenvalue weighted by Crippen LogP contribution is -2.41. The molecule has 0 bridgehead atoms. The fraction of sp³-hybridized carbons (Fsp3) is 0.236. The lowest BCUT2D eigenvalue weighted by molar-refractivity contribution is 0.0945.